The molecule has 1 aliphatic heterocycles. The highest BCUT2D eigenvalue weighted by Crippen LogP contribution is 2.12. The Hall–Kier alpha value is -1.84. The normalized spacial score (nSPS) is 15.4. The van der Waals surface area contributed by atoms with Crippen molar-refractivity contribution < 1.29 is 13.9 Å². The molecule has 0 saturated heterocycles. The minimum absolute atomic E-state index is 0.155. The fourth-order valence-electron chi connectivity index (χ4n) is 1.62. The van der Waals surface area contributed by atoms with E-state index >= 15 is 0 Å². The van der Waals surface area contributed by atoms with Gasteiger partial charge in [-0.15, -0.1) is 0 Å². The molecule has 1 aromatic rings. The average Bonchev–Trinajstić information content (AvgIpc) is 2.38. The minimum atomic E-state index is -0.391. The van der Waals surface area contributed by atoms with Crippen molar-refractivity contribution in [2.45, 2.75) is 13.0 Å². The lowest BCUT2D eigenvalue weighted by atomic mass is 10.2. The van der Waals surface area contributed by atoms with Crippen molar-refractivity contribution in [1.82, 2.24) is 4.90 Å². The molecule has 0 aliphatic carbocycles. The van der Waals surface area contributed by atoms with Crippen LogP contribution in [0.1, 0.15) is 12.0 Å². The van der Waals surface area contributed by atoms with Crippen molar-refractivity contribution in [3.8, 4) is 0 Å². The molecule has 1 amide bonds. The maximum absolute atomic E-state index is 12.8. The predicted octanol–water partition coefficient (Wildman–Crippen LogP) is 2.88. The summed E-state index contributed by atoms with van der Waals surface area (Å²) in [6, 6.07) is 9.47. The largest absolute Gasteiger partial charge is 0.445 e. The molecular formula is C13H14FNO2. The van der Waals surface area contributed by atoms with E-state index < -0.39 is 6.09 Å². The maximum Gasteiger partial charge on any atom is 0.410 e. The predicted molar refractivity (Wildman–Crippen MR) is 62.0 cm³/mol. The molecule has 3 nitrogen and oxygen atoms in total. The fourth-order valence-corrected chi connectivity index (χ4v) is 1.62. The van der Waals surface area contributed by atoms with E-state index in [9.17, 15) is 9.18 Å². The number of amides is 1. The molecule has 90 valence electrons. The van der Waals surface area contributed by atoms with Crippen molar-refractivity contribution in [3.05, 3.63) is 47.8 Å². The molecule has 1 aliphatic rings. The van der Waals surface area contributed by atoms with Gasteiger partial charge in [-0.25, -0.2) is 9.18 Å². The van der Waals surface area contributed by atoms with E-state index in [4.69, 9.17) is 4.74 Å². The van der Waals surface area contributed by atoms with Gasteiger partial charge in [-0.05, 0) is 11.6 Å². The molecule has 0 unspecified atom stereocenters. The van der Waals surface area contributed by atoms with Crippen molar-refractivity contribution in [2.75, 3.05) is 13.1 Å². The number of halogens is 1. The van der Waals surface area contributed by atoms with Crippen LogP contribution in [0.3, 0.4) is 0 Å². The van der Waals surface area contributed by atoms with Gasteiger partial charge in [0.05, 0.1) is 5.83 Å². The number of carbonyl (C=O) groups is 1. The average molecular weight is 235 g/mol. The summed E-state index contributed by atoms with van der Waals surface area (Å²) in [5.74, 6) is -0.155. The lowest BCUT2D eigenvalue weighted by Gasteiger charge is -2.23. The first kappa shape index (κ1) is 11.6. The third kappa shape index (κ3) is 3.31. The molecule has 0 fully saturated rings. The van der Waals surface area contributed by atoms with Crippen molar-refractivity contribution in [1.29, 1.82) is 0 Å². The summed E-state index contributed by atoms with van der Waals surface area (Å²) in [4.78, 5) is 13.1. The Morgan fingerprint density at radius 3 is 2.76 bits per heavy atom. The van der Waals surface area contributed by atoms with E-state index in [1.54, 1.807) is 0 Å². The van der Waals surface area contributed by atoms with Crippen LogP contribution in [0.25, 0.3) is 0 Å². The SMILES string of the molecule is O=C(OCc1ccccc1)N1CC=C(F)CC1. The van der Waals surface area contributed by atoms with Crippen LogP contribution in [0.5, 0.6) is 0 Å². The topological polar surface area (TPSA) is 29.5 Å². The maximum atomic E-state index is 12.8. The lowest BCUT2D eigenvalue weighted by molar-refractivity contribution is 0.0980. The molecule has 0 spiro atoms. The molecule has 0 radical (unpaired) electrons. The van der Waals surface area contributed by atoms with Gasteiger partial charge in [0.1, 0.15) is 6.61 Å². The van der Waals surface area contributed by atoms with Gasteiger partial charge >= 0.3 is 6.09 Å². The molecular weight excluding hydrogens is 221 g/mol. The highest BCUT2D eigenvalue weighted by Gasteiger charge is 2.18. The fraction of sp³-hybridized carbons (Fsp3) is 0.308. The second-order valence-electron chi connectivity index (χ2n) is 3.89. The Kier molecular flexibility index (Phi) is 3.75. The van der Waals surface area contributed by atoms with E-state index in [1.165, 1.54) is 11.0 Å². The van der Waals surface area contributed by atoms with E-state index in [0.29, 0.717) is 13.1 Å². The van der Waals surface area contributed by atoms with Crippen LogP contribution in [0, 0.1) is 0 Å². The van der Waals surface area contributed by atoms with Crippen LogP contribution >= 0.6 is 0 Å². The highest BCUT2D eigenvalue weighted by atomic mass is 19.1. The number of nitrogens with zero attached hydrogens (tertiary/aromatic N) is 1. The molecule has 0 bridgehead atoms. The van der Waals surface area contributed by atoms with Gasteiger partial charge in [0.25, 0.3) is 0 Å². The summed E-state index contributed by atoms with van der Waals surface area (Å²) >= 11 is 0. The second kappa shape index (κ2) is 5.48. The number of rotatable bonds is 2. The molecule has 0 aromatic heterocycles. The van der Waals surface area contributed by atoms with Crippen LogP contribution in [0.15, 0.2) is 42.2 Å². The first-order valence-corrected chi connectivity index (χ1v) is 5.56. The van der Waals surface area contributed by atoms with E-state index in [0.717, 1.165) is 5.56 Å². The first-order valence-electron chi connectivity index (χ1n) is 5.56. The van der Waals surface area contributed by atoms with Crippen molar-refractivity contribution in [2.24, 2.45) is 0 Å². The van der Waals surface area contributed by atoms with E-state index in [1.807, 2.05) is 30.3 Å². The molecule has 4 heteroatoms. The quantitative estimate of drug-likeness (QED) is 0.788. The van der Waals surface area contributed by atoms with Crippen molar-refractivity contribution >= 4 is 6.09 Å². The number of hydrogen-bond donors (Lipinski definition) is 0. The second-order valence-corrected chi connectivity index (χ2v) is 3.89. The van der Waals surface area contributed by atoms with Gasteiger partial charge in [-0.1, -0.05) is 30.3 Å². The zero-order valence-corrected chi connectivity index (χ0v) is 9.43. The molecule has 0 saturated carbocycles. The summed E-state index contributed by atoms with van der Waals surface area (Å²) in [6.07, 6.45) is 1.30. The summed E-state index contributed by atoms with van der Waals surface area (Å²) in [5.41, 5.74) is 0.944. The lowest BCUT2D eigenvalue weighted by Crippen LogP contribution is -2.34. The Morgan fingerprint density at radius 2 is 2.12 bits per heavy atom. The standard InChI is InChI=1S/C13H14FNO2/c14-12-6-8-15(9-7-12)13(16)17-10-11-4-2-1-3-5-11/h1-6H,7-10H2. The molecule has 17 heavy (non-hydrogen) atoms. The molecule has 0 N–H and O–H groups in total. The van der Waals surface area contributed by atoms with Gasteiger partial charge in [0.15, 0.2) is 0 Å². The first-order chi connectivity index (χ1) is 8.25. The van der Waals surface area contributed by atoms with Crippen molar-refractivity contribution in [3.63, 3.8) is 0 Å². The number of benzene rings is 1. The third-order valence-electron chi connectivity index (χ3n) is 2.62. The Balaban J connectivity index is 1.82. The molecule has 2 rings (SSSR count). The van der Waals surface area contributed by atoms with E-state index in [2.05, 4.69) is 0 Å². The Morgan fingerprint density at radius 1 is 1.35 bits per heavy atom. The van der Waals surface area contributed by atoms with Gasteiger partial charge in [-0.3, -0.25) is 0 Å². The van der Waals surface area contributed by atoms with Gasteiger partial charge in [-0.2, -0.15) is 0 Å². The monoisotopic (exact) mass is 235 g/mol. The number of hydrogen-bond acceptors (Lipinski definition) is 2. The van der Waals surface area contributed by atoms with Crippen LogP contribution < -0.4 is 0 Å². The zero-order chi connectivity index (χ0) is 12.1. The van der Waals surface area contributed by atoms with Gasteiger partial charge in [0.2, 0.25) is 0 Å². The van der Waals surface area contributed by atoms with Crippen LogP contribution in [0.2, 0.25) is 0 Å². The third-order valence-corrected chi connectivity index (χ3v) is 2.62. The summed E-state index contributed by atoms with van der Waals surface area (Å²) in [6.45, 7) is 0.928. The van der Waals surface area contributed by atoms with Gasteiger partial charge in [0, 0.05) is 19.5 Å². The van der Waals surface area contributed by atoms with Gasteiger partial charge < -0.3 is 9.64 Å². The number of carbonyl (C=O) groups excluding carboxylic acids is 1. The molecule has 1 aromatic carbocycles. The highest BCUT2D eigenvalue weighted by molar-refractivity contribution is 5.68. The van der Waals surface area contributed by atoms with Crippen LogP contribution in [0.4, 0.5) is 9.18 Å². The Labute approximate surface area is 99.5 Å². The molecule has 1 heterocycles. The van der Waals surface area contributed by atoms with E-state index in [-0.39, 0.29) is 18.9 Å². The summed E-state index contributed by atoms with van der Waals surface area (Å²) in [7, 11) is 0. The summed E-state index contributed by atoms with van der Waals surface area (Å²) in [5, 5.41) is 0. The number of ether oxygens (including phenoxy) is 1. The zero-order valence-electron chi connectivity index (χ0n) is 9.43. The smallest absolute Gasteiger partial charge is 0.410 e. The Bertz CT molecular complexity index is 417. The minimum Gasteiger partial charge on any atom is -0.445 e. The van der Waals surface area contributed by atoms with Crippen LogP contribution in [-0.4, -0.2) is 24.1 Å². The summed E-state index contributed by atoms with van der Waals surface area (Å²) < 4.78 is 17.9. The molecule has 0 atom stereocenters. The van der Waals surface area contributed by atoms with Crippen LogP contribution in [-0.2, 0) is 11.3 Å².